The van der Waals surface area contributed by atoms with E-state index in [4.69, 9.17) is 0 Å². The van der Waals surface area contributed by atoms with Gasteiger partial charge < -0.3 is 4.79 Å². The summed E-state index contributed by atoms with van der Waals surface area (Å²) in [5, 5.41) is 0. The number of amides is 2. The Morgan fingerprint density at radius 3 is 2.38 bits per heavy atom. The average Bonchev–Trinajstić information content (AvgIpc) is 2.74. The topological polar surface area (TPSA) is 54.5 Å². The molecule has 0 aromatic carbocycles. The summed E-state index contributed by atoms with van der Waals surface area (Å²) in [6.07, 6.45) is 5.28. The number of carbonyl (C=O) groups is 3. The molecule has 21 heavy (non-hydrogen) atoms. The number of nitrogens with zero attached hydrogens (tertiary/aromatic N) is 1. The number of hydrogen-bond donors (Lipinski definition) is 0. The second-order valence-electron chi connectivity index (χ2n) is 5.89. The van der Waals surface area contributed by atoms with Gasteiger partial charge >= 0.3 is 0 Å². The van der Waals surface area contributed by atoms with Gasteiger partial charge in [0.05, 0.1) is 5.92 Å². The van der Waals surface area contributed by atoms with E-state index in [0.29, 0.717) is 19.4 Å². The molecule has 0 aliphatic carbocycles. The largest absolute Gasteiger partial charge is 0.300 e. The van der Waals surface area contributed by atoms with Crippen LogP contribution >= 0.6 is 22.6 Å². The van der Waals surface area contributed by atoms with Gasteiger partial charge in [-0.05, 0) is 32.6 Å². The summed E-state index contributed by atoms with van der Waals surface area (Å²) in [4.78, 5) is 36.9. The number of hydrogen-bond acceptors (Lipinski definition) is 3. The highest BCUT2D eigenvalue weighted by atomic mass is 127. The maximum atomic E-state index is 12.5. The predicted molar refractivity (Wildman–Crippen MR) is 91.3 cm³/mol. The third-order valence-electron chi connectivity index (χ3n) is 4.45. The lowest BCUT2D eigenvalue weighted by Gasteiger charge is -2.29. The molecule has 0 N–H and O–H groups in total. The average molecular weight is 407 g/mol. The zero-order valence-corrected chi connectivity index (χ0v) is 15.4. The fourth-order valence-corrected chi connectivity index (χ4v) is 3.37. The quantitative estimate of drug-likeness (QED) is 0.255. The fraction of sp³-hybridized carbons (Fsp3) is 0.812. The first-order valence-electron chi connectivity index (χ1n) is 7.88. The third kappa shape index (κ3) is 4.76. The van der Waals surface area contributed by atoms with Crippen molar-refractivity contribution >= 4 is 40.2 Å². The van der Waals surface area contributed by atoms with Crippen LogP contribution in [0, 0.1) is 5.92 Å². The molecule has 0 aromatic rings. The Bertz CT molecular complexity index is 404. The molecule has 0 spiro atoms. The van der Waals surface area contributed by atoms with Crippen molar-refractivity contribution < 1.29 is 14.4 Å². The number of ketones is 1. The van der Waals surface area contributed by atoms with Gasteiger partial charge in [0.2, 0.25) is 11.8 Å². The standard InChI is InChI=1S/C16H26INO3/c1-4-16(17,5-2)13-11-14(20)18(15(13)21)10-8-6-7-9-12(3)19/h13H,4-11H2,1-3H3. The Balaban J connectivity index is 2.52. The SMILES string of the molecule is CCC(I)(CC)C1CC(=O)N(CCCCCC(C)=O)C1=O. The summed E-state index contributed by atoms with van der Waals surface area (Å²) in [6.45, 7) is 6.26. The number of unbranched alkanes of at least 4 members (excludes halogenated alkanes) is 2. The van der Waals surface area contributed by atoms with Crippen molar-refractivity contribution in [3.05, 3.63) is 0 Å². The number of alkyl halides is 1. The van der Waals surface area contributed by atoms with Crippen LogP contribution in [-0.2, 0) is 14.4 Å². The Morgan fingerprint density at radius 1 is 1.24 bits per heavy atom. The molecule has 1 rings (SSSR count). The normalized spacial score (nSPS) is 19.4. The molecule has 1 aliphatic rings. The Hall–Kier alpha value is -0.460. The third-order valence-corrected chi connectivity index (χ3v) is 6.73. The molecule has 1 saturated heterocycles. The van der Waals surface area contributed by atoms with E-state index >= 15 is 0 Å². The highest BCUT2D eigenvalue weighted by molar-refractivity contribution is 14.1. The lowest BCUT2D eigenvalue weighted by atomic mass is 9.86. The second-order valence-corrected chi connectivity index (χ2v) is 8.04. The van der Waals surface area contributed by atoms with E-state index in [1.54, 1.807) is 6.92 Å². The number of likely N-dealkylation sites (tertiary alicyclic amines) is 1. The molecular weight excluding hydrogens is 381 g/mol. The first-order valence-corrected chi connectivity index (χ1v) is 8.96. The van der Waals surface area contributed by atoms with E-state index in [9.17, 15) is 14.4 Å². The molecule has 5 heteroatoms. The van der Waals surface area contributed by atoms with E-state index in [2.05, 4.69) is 36.4 Å². The van der Waals surface area contributed by atoms with Crippen molar-refractivity contribution in [2.24, 2.45) is 5.92 Å². The van der Waals surface area contributed by atoms with Gasteiger partial charge in [0, 0.05) is 22.8 Å². The van der Waals surface area contributed by atoms with Crippen LogP contribution in [0.4, 0.5) is 0 Å². The molecule has 1 atom stereocenters. The monoisotopic (exact) mass is 407 g/mol. The molecule has 0 aromatic heterocycles. The molecular formula is C16H26INO3. The summed E-state index contributed by atoms with van der Waals surface area (Å²) >= 11 is 2.36. The molecule has 0 saturated carbocycles. The van der Waals surface area contributed by atoms with Gasteiger partial charge in [0.1, 0.15) is 5.78 Å². The van der Waals surface area contributed by atoms with Crippen LogP contribution in [0.1, 0.15) is 65.7 Å². The van der Waals surface area contributed by atoms with Crippen molar-refractivity contribution in [3.8, 4) is 0 Å². The van der Waals surface area contributed by atoms with E-state index in [0.717, 1.165) is 32.1 Å². The van der Waals surface area contributed by atoms with Gasteiger partial charge in [-0.3, -0.25) is 14.5 Å². The minimum Gasteiger partial charge on any atom is -0.300 e. The highest BCUT2D eigenvalue weighted by Crippen LogP contribution is 2.41. The minimum absolute atomic E-state index is 0.00432. The fourth-order valence-electron chi connectivity index (χ4n) is 2.89. The molecule has 4 nitrogen and oxygen atoms in total. The van der Waals surface area contributed by atoms with E-state index in [-0.39, 0.29) is 26.9 Å². The summed E-state index contributed by atoms with van der Waals surface area (Å²) in [7, 11) is 0. The van der Waals surface area contributed by atoms with Crippen LogP contribution in [0.15, 0.2) is 0 Å². The lowest BCUT2D eigenvalue weighted by molar-refractivity contribution is -0.139. The van der Waals surface area contributed by atoms with Crippen LogP contribution in [0.3, 0.4) is 0 Å². The number of halogens is 1. The first kappa shape index (κ1) is 18.6. The number of Topliss-reactive ketones (excluding diaryl/α,β-unsaturated/α-hetero) is 1. The van der Waals surface area contributed by atoms with Crippen LogP contribution in [0.5, 0.6) is 0 Å². The predicted octanol–water partition coefficient (Wildman–Crippen LogP) is 3.50. The Labute approximate surface area is 141 Å². The molecule has 1 unspecified atom stereocenters. The number of imide groups is 1. The van der Waals surface area contributed by atoms with Crippen molar-refractivity contribution in [2.75, 3.05) is 6.54 Å². The summed E-state index contributed by atoms with van der Waals surface area (Å²) in [5.74, 6) is 0.00553. The zero-order chi connectivity index (χ0) is 16.0. The molecule has 1 heterocycles. The van der Waals surface area contributed by atoms with Crippen LogP contribution in [-0.4, -0.2) is 32.5 Å². The van der Waals surface area contributed by atoms with Gasteiger partial charge in [-0.15, -0.1) is 0 Å². The van der Waals surface area contributed by atoms with Gasteiger partial charge in [0.15, 0.2) is 0 Å². The molecule has 1 fully saturated rings. The zero-order valence-electron chi connectivity index (χ0n) is 13.3. The molecule has 0 radical (unpaired) electrons. The van der Waals surface area contributed by atoms with Gasteiger partial charge in [-0.1, -0.05) is 42.9 Å². The smallest absolute Gasteiger partial charge is 0.234 e. The van der Waals surface area contributed by atoms with E-state index in [1.807, 2.05) is 0 Å². The van der Waals surface area contributed by atoms with Gasteiger partial charge in [-0.2, -0.15) is 0 Å². The van der Waals surface area contributed by atoms with Gasteiger partial charge in [-0.25, -0.2) is 0 Å². The number of carbonyl (C=O) groups excluding carboxylic acids is 3. The summed E-state index contributed by atoms with van der Waals surface area (Å²) in [6, 6.07) is 0. The Kier molecular flexibility index (Phi) is 7.30. The molecule has 0 bridgehead atoms. The maximum absolute atomic E-state index is 12.5. The number of rotatable bonds is 9. The van der Waals surface area contributed by atoms with Crippen LogP contribution < -0.4 is 0 Å². The summed E-state index contributed by atoms with van der Waals surface area (Å²) < 4.78 is -0.103. The lowest BCUT2D eigenvalue weighted by Crippen LogP contribution is -2.38. The van der Waals surface area contributed by atoms with Crippen LogP contribution in [0.2, 0.25) is 0 Å². The van der Waals surface area contributed by atoms with Crippen molar-refractivity contribution in [1.29, 1.82) is 0 Å². The maximum Gasteiger partial charge on any atom is 0.234 e. The minimum atomic E-state index is -0.169. The molecule has 120 valence electrons. The van der Waals surface area contributed by atoms with E-state index < -0.39 is 0 Å². The second kappa shape index (κ2) is 8.25. The van der Waals surface area contributed by atoms with Crippen LogP contribution in [0.25, 0.3) is 0 Å². The van der Waals surface area contributed by atoms with E-state index in [1.165, 1.54) is 4.90 Å². The molecule has 1 aliphatic heterocycles. The first-order chi connectivity index (χ1) is 9.85. The highest BCUT2D eigenvalue weighted by Gasteiger charge is 2.47. The summed E-state index contributed by atoms with van der Waals surface area (Å²) in [5.41, 5.74) is 0. The Morgan fingerprint density at radius 2 is 1.86 bits per heavy atom. The van der Waals surface area contributed by atoms with Crippen molar-refractivity contribution in [2.45, 2.75) is 69.1 Å². The molecule has 2 amide bonds. The van der Waals surface area contributed by atoms with Crippen molar-refractivity contribution in [1.82, 2.24) is 4.90 Å². The van der Waals surface area contributed by atoms with Crippen molar-refractivity contribution in [3.63, 3.8) is 0 Å². The van der Waals surface area contributed by atoms with Gasteiger partial charge in [0.25, 0.3) is 0 Å².